The second kappa shape index (κ2) is 6.96. The van der Waals surface area contributed by atoms with Gasteiger partial charge in [-0.3, -0.25) is 0 Å². The third kappa shape index (κ3) is 4.11. The predicted octanol–water partition coefficient (Wildman–Crippen LogP) is 4.33. The number of hydrogen-bond donors (Lipinski definition) is 0. The number of ether oxygens (including phenoxy) is 1. The molecule has 0 atom stereocenters. The molecule has 2 aromatic rings. The number of benzene rings is 2. The molecule has 0 saturated carbocycles. The van der Waals surface area contributed by atoms with Crippen molar-refractivity contribution in [1.29, 1.82) is 5.26 Å². The Hall–Kier alpha value is -1.79. The van der Waals surface area contributed by atoms with Gasteiger partial charge in [-0.25, -0.2) is 0 Å². The monoisotopic (exact) mass is 315 g/mol. The van der Waals surface area contributed by atoms with Crippen LogP contribution < -0.4 is 4.74 Å². The summed E-state index contributed by atoms with van der Waals surface area (Å²) in [5.41, 5.74) is 1.95. The molecule has 2 rings (SSSR count). The standard InChI is InChI=1S/C16H14BrNO/c17-15-11-14(12-18)8-9-16(15)19-10-4-7-13-5-2-1-3-6-13/h1-3,5-6,8-9,11H,4,7,10H2. The minimum Gasteiger partial charge on any atom is -0.492 e. The molecular formula is C16H14BrNO. The van der Waals surface area contributed by atoms with E-state index in [-0.39, 0.29) is 0 Å². The normalized spacial score (nSPS) is 9.89. The minimum atomic E-state index is 0.628. The van der Waals surface area contributed by atoms with Crippen LogP contribution in [0.4, 0.5) is 0 Å². The minimum absolute atomic E-state index is 0.628. The van der Waals surface area contributed by atoms with Crippen LogP contribution in [-0.2, 0) is 6.42 Å². The summed E-state index contributed by atoms with van der Waals surface area (Å²) >= 11 is 3.41. The van der Waals surface area contributed by atoms with Crippen molar-refractivity contribution in [3.05, 3.63) is 64.1 Å². The molecule has 0 radical (unpaired) electrons. The van der Waals surface area contributed by atoms with Crippen LogP contribution in [0, 0.1) is 11.3 Å². The Bertz CT molecular complexity index is 575. The summed E-state index contributed by atoms with van der Waals surface area (Å²) in [5.74, 6) is 0.784. The molecule has 2 nitrogen and oxygen atoms in total. The maximum atomic E-state index is 8.78. The van der Waals surface area contributed by atoms with Crippen LogP contribution >= 0.6 is 15.9 Å². The van der Waals surface area contributed by atoms with E-state index in [4.69, 9.17) is 10.00 Å². The summed E-state index contributed by atoms with van der Waals surface area (Å²) in [7, 11) is 0. The van der Waals surface area contributed by atoms with Gasteiger partial charge in [-0.05, 0) is 52.5 Å². The molecule has 0 bridgehead atoms. The molecule has 0 unspecified atom stereocenters. The van der Waals surface area contributed by atoms with Crippen LogP contribution in [-0.4, -0.2) is 6.61 Å². The zero-order valence-electron chi connectivity index (χ0n) is 10.5. The molecule has 0 spiro atoms. The largest absolute Gasteiger partial charge is 0.492 e. The zero-order chi connectivity index (χ0) is 13.5. The van der Waals surface area contributed by atoms with E-state index in [1.807, 2.05) is 24.3 Å². The highest BCUT2D eigenvalue weighted by Gasteiger charge is 2.02. The van der Waals surface area contributed by atoms with Crippen molar-refractivity contribution < 1.29 is 4.74 Å². The van der Waals surface area contributed by atoms with E-state index >= 15 is 0 Å². The SMILES string of the molecule is N#Cc1ccc(OCCCc2ccccc2)c(Br)c1. The molecule has 96 valence electrons. The van der Waals surface area contributed by atoms with Gasteiger partial charge in [0.15, 0.2) is 0 Å². The summed E-state index contributed by atoms with van der Waals surface area (Å²) < 4.78 is 6.53. The van der Waals surface area contributed by atoms with Crippen LogP contribution in [0.1, 0.15) is 17.5 Å². The summed E-state index contributed by atoms with van der Waals surface area (Å²) in [6.45, 7) is 0.666. The van der Waals surface area contributed by atoms with Gasteiger partial charge in [-0.1, -0.05) is 30.3 Å². The number of hydrogen-bond acceptors (Lipinski definition) is 2. The Kier molecular flexibility index (Phi) is 5.00. The highest BCUT2D eigenvalue weighted by molar-refractivity contribution is 9.10. The van der Waals surface area contributed by atoms with E-state index in [2.05, 4.69) is 34.1 Å². The highest BCUT2D eigenvalue weighted by Crippen LogP contribution is 2.25. The van der Waals surface area contributed by atoms with Crippen molar-refractivity contribution in [2.24, 2.45) is 0 Å². The Morgan fingerprint density at radius 2 is 1.89 bits per heavy atom. The fraction of sp³-hybridized carbons (Fsp3) is 0.188. The fourth-order valence-corrected chi connectivity index (χ4v) is 2.28. The third-order valence-electron chi connectivity index (χ3n) is 2.77. The van der Waals surface area contributed by atoms with Gasteiger partial charge in [-0.15, -0.1) is 0 Å². The summed E-state index contributed by atoms with van der Waals surface area (Å²) in [4.78, 5) is 0. The number of aryl methyl sites for hydroxylation is 1. The fourth-order valence-electron chi connectivity index (χ4n) is 1.79. The van der Waals surface area contributed by atoms with Crippen molar-refractivity contribution in [3.63, 3.8) is 0 Å². The molecule has 2 aromatic carbocycles. The van der Waals surface area contributed by atoms with E-state index in [9.17, 15) is 0 Å². The van der Waals surface area contributed by atoms with E-state index in [0.717, 1.165) is 23.1 Å². The Morgan fingerprint density at radius 1 is 1.11 bits per heavy atom. The molecule has 0 heterocycles. The van der Waals surface area contributed by atoms with E-state index < -0.39 is 0 Å². The first-order valence-corrected chi connectivity index (χ1v) is 6.95. The Balaban J connectivity index is 1.82. The maximum Gasteiger partial charge on any atom is 0.133 e. The second-order valence-electron chi connectivity index (χ2n) is 4.19. The summed E-state index contributed by atoms with van der Waals surface area (Å²) in [6.07, 6.45) is 1.98. The molecule has 0 N–H and O–H groups in total. The first-order chi connectivity index (χ1) is 9.29. The van der Waals surface area contributed by atoms with E-state index in [1.54, 1.807) is 12.1 Å². The molecule has 0 aliphatic rings. The first kappa shape index (κ1) is 13.6. The predicted molar refractivity (Wildman–Crippen MR) is 79.1 cm³/mol. The number of rotatable bonds is 5. The zero-order valence-corrected chi connectivity index (χ0v) is 12.1. The smallest absolute Gasteiger partial charge is 0.133 e. The number of nitrogens with zero attached hydrogens (tertiary/aromatic N) is 1. The topological polar surface area (TPSA) is 33.0 Å². The molecule has 0 amide bonds. The van der Waals surface area contributed by atoms with Crippen molar-refractivity contribution in [1.82, 2.24) is 0 Å². The summed E-state index contributed by atoms with van der Waals surface area (Å²) in [6, 6.07) is 17.8. The summed E-state index contributed by atoms with van der Waals surface area (Å²) in [5, 5.41) is 8.78. The highest BCUT2D eigenvalue weighted by atomic mass is 79.9. The molecule has 0 fully saturated rings. The van der Waals surface area contributed by atoms with Gasteiger partial charge in [0.1, 0.15) is 5.75 Å². The van der Waals surface area contributed by atoms with Crippen molar-refractivity contribution in [2.45, 2.75) is 12.8 Å². The van der Waals surface area contributed by atoms with Gasteiger partial charge in [0, 0.05) is 0 Å². The molecule has 0 aliphatic carbocycles. The van der Waals surface area contributed by atoms with Crippen molar-refractivity contribution in [2.75, 3.05) is 6.61 Å². The van der Waals surface area contributed by atoms with Gasteiger partial charge < -0.3 is 4.74 Å². The van der Waals surface area contributed by atoms with Gasteiger partial charge in [0.05, 0.1) is 22.7 Å². The van der Waals surface area contributed by atoms with Crippen LogP contribution in [0.25, 0.3) is 0 Å². The van der Waals surface area contributed by atoms with E-state index in [0.29, 0.717) is 12.2 Å². The second-order valence-corrected chi connectivity index (χ2v) is 5.05. The first-order valence-electron chi connectivity index (χ1n) is 6.16. The van der Waals surface area contributed by atoms with E-state index in [1.165, 1.54) is 5.56 Å². The lowest BCUT2D eigenvalue weighted by atomic mass is 10.1. The number of halogens is 1. The van der Waals surface area contributed by atoms with Crippen LogP contribution in [0.15, 0.2) is 53.0 Å². The lowest BCUT2D eigenvalue weighted by molar-refractivity contribution is 0.309. The Labute approximate surface area is 121 Å². The van der Waals surface area contributed by atoms with Crippen molar-refractivity contribution >= 4 is 15.9 Å². The average molecular weight is 316 g/mol. The quantitative estimate of drug-likeness (QED) is 0.769. The third-order valence-corrected chi connectivity index (χ3v) is 3.39. The van der Waals surface area contributed by atoms with Gasteiger partial charge in [-0.2, -0.15) is 5.26 Å². The molecule has 3 heteroatoms. The lowest BCUT2D eigenvalue weighted by Crippen LogP contribution is -2.00. The van der Waals surface area contributed by atoms with Gasteiger partial charge in [0.2, 0.25) is 0 Å². The van der Waals surface area contributed by atoms with Gasteiger partial charge in [0.25, 0.3) is 0 Å². The van der Waals surface area contributed by atoms with Crippen LogP contribution in [0.2, 0.25) is 0 Å². The van der Waals surface area contributed by atoms with Crippen molar-refractivity contribution in [3.8, 4) is 11.8 Å². The van der Waals surface area contributed by atoms with Crippen LogP contribution in [0.5, 0.6) is 5.75 Å². The molecular weight excluding hydrogens is 302 g/mol. The maximum absolute atomic E-state index is 8.78. The Morgan fingerprint density at radius 3 is 2.58 bits per heavy atom. The molecule has 0 aromatic heterocycles. The lowest BCUT2D eigenvalue weighted by Gasteiger charge is -2.08. The number of nitriles is 1. The molecule has 0 aliphatic heterocycles. The average Bonchev–Trinajstić information content (AvgIpc) is 2.46. The molecule has 0 saturated heterocycles. The molecule has 19 heavy (non-hydrogen) atoms. The van der Waals surface area contributed by atoms with Crippen LogP contribution in [0.3, 0.4) is 0 Å². The van der Waals surface area contributed by atoms with Gasteiger partial charge >= 0.3 is 0 Å².